The fourth-order valence-corrected chi connectivity index (χ4v) is 2.50. The molecular weight excluding hydrogens is 196 g/mol. The van der Waals surface area contributed by atoms with Crippen LogP contribution in [-0.4, -0.2) is 17.5 Å². The van der Waals surface area contributed by atoms with Crippen molar-refractivity contribution >= 4 is 5.69 Å². The smallest absolute Gasteiger partial charge is 0.0317 e. The molecule has 1 aromatic rings. The Bertz CT molecular complexity index is 335. The van der Waals surface area contributed by atoms with E-state index in [1.165, 1.54) is 37.8 Å². The summed E-state index contributed by atoms with van der Waals surface area (Å²) in [5.41, 5.74) is 8.03. The number of nitrogen functional groups attached to an aromatic ring is 1. The number of hydrogen-bond acceptors (Lipinski definition) is 2. The van der Waals surface area contributed by atoms with Gasteiger partial charge in [0, 0.05) is 18.3 Å². The highest BCUT2D eigenvalue weighted by molar-refractivity contribution is 5.40. The van der Waals surface area contributed by atoms with E-state index in [1.807, 2.05) is 12.1 Å². The minimum absolute atomic E-state index is 0.712. The van der Waals surface area contributed by atoms with Crippen molar-refractivity contribution in [3.8, 4) is 0 Å². The summed E-state index contributed by atoms with van der Waals surface area (Å²) in [5, 5.41) is 0. The standard InChI is InChI=1S/C14H22N2/c1-12-6-3-2-4-9-16(12)11-13-7-5-8-14(15)10-13/h5,7-8,10,12H,2-4,6,9,11,15H2,1H3. The predicted molar refractivity (Wildman–Crippen MR) is 69.2 cm³/mol. The van der Waals surface area contributed by atoms with Gasteiger partial charge in [0.05, 0.1) is 0 Å². The van der Waals surface area contributed by atoms with Gasteiger partial charge in [-0.2, -0.15) is 0 Å². The van der Waals surface area contributed by atoms with Crippen molar-refractivity contribution in [1.82, 2.24) is 4.90 Å². The third-order valence-corrected chi connectivity index (χ3v) is 3.53. The summed E-state index contributed by atoms with van der Waals surface area (Å²) < 4.78 is 0. The second-order valence-corrected chi connectivity index (χ2v) is 4.91. The summed E-state index contributed by atoms with van der Waals surface area (Å²) in [6.45, 7) is 4.62. The largest absolute Gasteiger partial charge is 0.399 e. The van der Waals surface area contributed by atoms with E-state index in [0.29, 0.717) is 6.04 Å². The second kappa shape index (κ2) is 5.35. The average Bonchev–Trinajstić information content (AvgIpc) is 2.45. The van der Waals surface area contributed by atoms with Gasteiger partial charge in [0.15, 0.2) is 0 Å². The molecule has 0 aromatic heterocycles. The Labute approximate surface area is 98.4 Å². The Morgan fingerprint density at radius 2 is 2.19 bits per heavy atom. The molecule has 16 heavy (non-hydrogen) atoms. The van der Waals surface area contributed by atoms with Crippen LogP contribution < -0.4 is 5.73 Å². The summed E-state index contributed by atoms with van der Waals surface area (Å²) in [6, 6.07) is 8.98. The fraction of sp³-hybridized carbons (Fsp3) is 0.571. The van der Waals surface area contributed by atoms with Gasteiger partial charge in [-0.3, -0.25) is 4.90 Å². The number of hydrogen-bond donors (Lipinski definition) is 1. The van der Waals surface area contributed by atoms with E-state index in [9.17, 15) is 0 Å². The molecule has 2 nitrogen and oxygen atoms in total. The highest BCUT2D eigenvalue weighted by Crippen LogP contribution is 2.19. The van der Waals surface area contributed by atoms with Crippen molar-refractivity contribution < 1.29 is 0 Å². The molecule has 0 radical (unpaired) electrons. The quantitative estimate of drug-likeness (QED) is 0.773. The molecule has 1 aromatic carbocycles. The molecule has 1 unspecified atom stereocenters. The molecule has 88 valence electrons. The lowest BCUT2D eigenvalue weighted by atomic mass is 10.1. The lowest BCUT2D eigenvalue weighted by Gasteiger charge is -2.26. The molecule has 1 heterocycles. The third-order valence-electron chi connectivity index (χ3n) is 3.53. The van der Waals surface area contributed by atoms with Crippen LogP contribution in [0.3, 0.4) is 0 Å². The molecular formula is C14H22N2. The average molecular weight is 218 g/mol. The number of anilines is 1. The zero-order chi connectivity index (χ0) is 11.4. The van der Waals surface area contributed by atoms with E-state index in [2.05, 4.69) is 24.0 Å². The van der Waals surface area contributed by atoms with Gasteiger partial charge in [-0.15, -0.1) is 0 Å². The highest BCUT2D eigenvalue weighted by atomic mass is 15.1. The van der Waals surface area contributed by atoms with Gasteiger partial charge in [-0.05, 0) is 44.0 Å². The molecule has 1 atom stereocenters. The molecule has 1 fully saturated rings. The Morgan fingerprint density at radius 1 is 1.31 bits per heavy atom. The normalized spacial score (nSPS) is 22.9. The summed E-state index contributed by atoms with van der Waals surface area (Å²) >= 11 is 0. The topological polar surface area (TPSA) is 29.3 Å². The van der Waals surface area contributed by atoms with Crippen molar-refractivity contribution in [2.75, 3.05) is 12.3 Å². The number of rotatable bonds is 2. The van der Waals surface area contributed by atoms with E-state index in [0.717, 1.165) is 12.2 Å². The van der Waals surface area contributed by atoms with Gasteiger partial charge in [0.1, 0.15) is 0 Å². The van der Waals surface area contributed by atoms with Gasteiger partial charge in [0.25, 0.3) is 0 Å². The number of benzene rings is 1. The molecule has 1 aliphatic heterocycles. The Hall–Kier alpha value is -1.02. The number of nitrogens with two attached hydrogens (primary N) is 1. The first-order valence-electron chi connectivity index (χ1n) is 6.34. The van der Waals surface area contributed by atoms with Crippen molar-refractivity contribution in [3.63, 3.8) is 0 Å². The van der Waals surface area contributed by atoms with Gasteiger partial charge in [-0.25, -0.2) is 0 Å². The Morgan fingerprint density at radius 3 is 3.00 bits per heavy atom. The summed E-state index contributed by atoms with van der Waals surface area (Å²) in [7, 11) is 0. The van der Waals surface area contributed by atoms with E-state index >= 15 is 0 Å². The van der Waals surface area contributed by atoms with Gasteiger partial charge in [-0.1, -0.05) is 25.0 Å². The molecule has 0 aliphatic carbocycles. The number of nitrogens with zero attached hydrogens (tertiary/aromatic N) is 1. The first-order valence-corrected chi connectivity index (χ1v) is 6.34. The van der Waals surface area contributed by atoms with Crippen LogP contribution in [0.1, 0.15) is 38.2 Å². The second-order valence-electron chi connectivity index (χ2n) is 4.91. The first-order chi connectivity index (χ1) is 7.75. The number of likely N-dealkylation sites (tertiary alicyclic amines) is 1. The third kappa shape index (κ3) is 2.99. The lowest BCUT2D eigenvalue weighted by molar-refractivity contribution is 0.205. The maximum atomic E-state index is 5.81. The van der Waals surface area contributed by atoms with Gasteiger partial charge >= 0.3 is 0 Å². The Balaban J connectivity index is 2.02. The lowest BCUT2D eigenvalue weighted by Crippen LogP contribution is -2.31. The van der Waals surface area contributed by atoms with Crippen LogP contribution in [0.5, 0.6) is 0 Å². The van der Waals surface area contributed by atoms with E-state index in [-0.39, 0.29) is 0 Å². The first kappa shape index (κ1) is 11.5. The minimum Gasteiger partial charge on any atom is -0.399 e. The molecule has 0 bridgehead atoms. The maximum Gasteiger partial charge on any atom is 0.0317 e. The molecule has 0 spiro atoms. The molecule has 2 N–H and O–H groups in total. The van der Waals surface area contributed by atoms with Crippen molar-refractivity contribution in [1.29, 1.82) is 0 Å². The van der Waals surface area contributed by atoms with Crippen molar-refractivity contribution in [3.05, 3.63) is 29.8 Å². The molecule has 2 heteroatoms. The highest BCUT2D eigenvalue weighted by Gasteiger charge is 2.16. The Kier molecular flexibility index (Phi) is 3.83. The van der Waals surface area contributed by atoms with Crippen molar-refractivity contribution in [2.45, 2.75) is 45.2 Å². The van der Waals surface area contributed by atoms with Crippen LogP contribution >= 0.6 is 0 Å². The van der Waals surface area contributed by atoms with Gasteiger partial charge < -0.3 is 5.73 Å². The monoisotopic (exact) mass is 218 g/mol. The van der Waals surface area contributed by atoms with Crippen LogP contribution in [0.25, 0.3) is 0 Å². The van der Waals surface area contributed by atoms with E-state index in [4.69, 9.17) is 5.73 Å². The molecule has 0 amide bonds. The van der Waals surface area contributed by atoms with Crippen LogP contribution in [0.2, 0.25) is 0 Å². The zero-order valence-corrected chi connectivity index (χ0v) is 10.2. The van der Waals surface area contributed by atoms with Crippen LogP contribution in [0.4, 0.5) is 5.69 Å². The van der Waals surface area contributed by atoms with E-state index in [1.54, 1.807) is 0 Å². The zero-order valence-electron chi connectivity index (χ0n) is 10.2. The predicted octanol–water partition coefficient (Wildman–Crippen LogP) is 3.03. The SMILES string of the molecule is CC1CCCCCN1Cc1cccc(N)c1. The van der Waals surface area contributed by atoms with Crippen LogP contribution in [0.15, 0.2) is 24.3 Å². The summed E-state index contributed by atoms with van der Waals surface area (Å²) in [4.78, 5) is 2.59. The van der Waals surface area contributed by atoms with Crippen molar-refractivity contribution in [2.24, 2.45) is 0 Å². The van der Waals surface area contributed by atoms with E-state index < -0.39 is 0 Å². The fourth-order valence-electron chi connectivity index (χ4n) is 2.50. The maximum absolute atomic E-state index is 5.81. The minimum atomic E-state index is 0.712. The summed E-state index contributed by atoms with van der Waals surface area (Å²) in [6.07, 6.45) is 5.45. The van der Waals surface area contributed by atoms with Gasteiger partial charge in [0.2, 0.25) is 0 Å². The molecule has 2 rings (SSSR count). The van der Waals surface area contributed by atoms with Crippen LogP contribution in [-0.2, 0) is 6.54 Å². The van der Waals surface area contributed by atoms with Crippen LogP contribution in [0, 0.1) is 0 Å². The molecule has 1 saturated heterocycles. The molecule has 1 aliphatic rings. The molecule has 0 saturated carbocycles. The summed E-state index contributed by atoms with van der Waals surface area (Å²) in [5.74, 6) is 0.